The molecule has 0 amide bonds. The number of alkyl halides is 4. The van der Waals surface area contributed by atoms with Crippen LogP contribution >= 0.6 is 11.6 Å². The highest BCUT2D eigenvalue weighted by Gasteiger charge is 2.45. The lowest BCUT2D eigenvalue weighted by molar-refractivity contribution is -0.253. The molecule has 208 valence electrons. The fraction of sp³-hybridized carbons (Fsp3) is 0.345. The van der Waals surface area contributed by atoms with Gasteiger partial charge in [0.1, 0.15) is 17.1 Å². The van der Waals surface area contributed by atoms with Gasteiger partial charge in [-0.1, -0.05) is 60.9 Å². The third kappa shape index (κ3) is 7.01. The average Bonchev–Trinajstić information content (AvgIpc) is 3.37. The first-order valence-electron chi connectivity index (χ1n) is 12.5. The van der Waals surface area contributed by atoms with Gasteiger partial charge in [-0.15, -0.1) is 0 Å². The zero-order valence-corrected chi connectivity index (χ0v) is 22.1. The standard InChI is InChI=1S/C29H29ClF5N3O/c1-18-7-9-20(10-8-18)16-28(26-12-11-22(30)17-36-26,38-19(2)37-24-5-3-4-6-24)21-13-23(31)15-25(14-21)39-29(34,35)27(32)33/h7-15,17,24,27,37-38H,2-6,16H2,1H3/t28-/m0/s1. The maximum Gasteiger partial charge on any atom is 0.461 e. The number of benzene rings is 2. The Morgan fingerprint density at radius 3 is 2.41 bits per heavy atom. The molecule has 0 bridgehead atoms. The van der Waals surface area contributed by atoms with E-state index in [1.165, 1.54) is 6.20 Å². The summed E-state index contributed by atoms with van der Waals surface area (Å²) in [5.41, 5.74) is 0.933. The molecule has 0 aliphatic heterocycles. The highest BCUT2D eigenvalue weighted by atomic mass is 35.5. The predicted molar refractivity (Wildman–Crippen MR) is 141 cm³/mol. The molecule has 1 aliphatic rings. The number of rotatable bonds is 11. The van der Waals surface area contributed by atoms with E-state index < -0.39 is 29.6 Å². The normalized spacial score (nSPS) is 15.7. The molecule has 0 spiro atoms. The minimum Gasteiger partial charge on any atom is -0.428 e. The molecule has 0 radical (unpaired) electrons. The lowest BCUT2D eigenvalue weighted by Gasteiger charge is -2.38. The van der Waals surface area contributed by atoms with Crippen LogP contribution in [-0.4, -0.2) is 23.6 Å². The van der Waals surface area contributed by atoms with Crippen molar-refractivity contribution in [2.24, 2.45) is 0 Å². The molecular weight excluding hydrogens is 537 g/mol. The molecular formula is C29H29ClF5N3O. The molecule has 0 unspecified atom stereocenters. The van der Waals surface area contributed by atoms with Gasteiger partial charge >= 0.3 is 12.5 Å². The Morgan fingerprint density at radius 2 is 1.79 bits per heavy atom. The van der Waals surface area contributed by atoms with Crippen molar-refractivity contribution in [2.45, 2.75) is 63.1 Å². The molecule has 1 heterocycles. The van der Waals surface area contributed by atoms with E-state index in [9.17, 15) is 22.0 Å². The summed E-state index contributed by atoms with van der Waals surface area (Å²) in [4.78, 5) is 4.49. The second kappa shape index (κ2) is 11.8. The van der Waals surface area contributed by atoms with Gasteiger partial charge in [0.2, 0.25) is 0 Å². The molecule has 4 nitrogen and oxygen atoms in total. The Balaban J connectivity index is 1.87. The van der Waals surface area contributed by atoms with Crippen LogP contribution < -0.4 is 15.4 Å². The van der Waals surface area contributed by atoms with Crippen molar-refractivity contribution < 1.29 is 26.7 Å². The predicted octanol–water partition coefficient (Wildman–Crippen LogP) is 7.50. The molecule has 0 saturated heterocycles. The van der Waals surface area contributed by atoms with Crippen LogP contribution in [0.25, 0.3) is 0 Å². The Bertz CT molecular complexity index is 1280. The third-order valence-electron chi connectivity index (χ3n) is 6.72. The van der Waals surface area contributed by atoms with Gasteiger partial charge < -0.3 is 15.4 Å². The number of aromatic nitrogens is 1. The van der Waals surface area contributed by atoms with Crippen molar-refractivity contribution >= 4 is 11.6 Å². The minimum absolute atomic E-state index is 0.118. The molecule has 1 aliphatic carbocycles. The van der Waals surface area contributed by atoms with Gasteiger partial charge in [0.15, 0.2) is 0 Å². The van der Waals surface area contributed by atoms with E-state index in [0.29, 0.717) is 22.6 Å². The first-order valence-corrected chi connectivity index (χ1v) is 12.9. The topological polar surface area (TPSA) is 46.2 Å². The van der Waals surface area contributed by atoms with Gasteiger partial charge in [0, 0.05) is 24.7 Å². The van der Waals surface area contributed by atoms with Gasteiger partial charge in [-0.05, 0) is 55.2 Å². The number of nitrogens with zero attached hydrogens (tertiary/aromatic N) is 1. The van der Waals surface area contributed by atoms with E-state index in [-0.39, 0.29) is 18.0 Å². The minimum atomic E-state index is -4.82. The Kier molecular flexibility index (Phi) is 8.69. The molecule has 2 aromatic carbocycles. The summed E-state index contributed by atoms with van der Waals surface area (Å²) in [5, 5.41) is 7.05. The molecule has 1 saturated carbocycles. The third-order valence-corrected chi connectivity index (χ3v) is 6.95. The molecule has 1 atom stereocenters. The highest BCUT2D eigenvalue weighted by Crippen LogP contribution is 2.38. The highest BCUT2D eigenvalue weighted by molar-refractivity contribution is 6.30. The summed E-state index contributed by atoms with van der Waals surface area (Å²) in [6.07, 6.45) is -3.30. The molecule has 1 aromatic heterocycles. The van der Waals surface area contributed by atoms with Crippen LogP contribution in [0.3, 0.4) is 0 Å². The van der Waals surface area contributed by atoms with Crippen molar-refractivity contribution in [2.75, 3.05) is 0 Å². The fourth-order valence-corrected chi connectivity index (χ4v) is 4.95. The van der Waals surface area contributed by atoms with Crippen LogP contribution in [0.2, 0.25) is 5.02 Å². The second-order valence-corrected chi connectivity index (χ2v) is 10.2. The summed E-state index contributed by atoms with van der Waals surface area (Å²) in [5.74, 6) is -1.30. The van der Waals surface area contributed by atoms with Crippen LogP contribution in [0.1, 0.15) is 48.1 Å². The van der Waals surface area contributed by atoms with Crippen molar-refractivity contribution in [1.82, 2.24) is 15.6 Å². The fourth-order valence-electron chi connectivity index (χ4n) is 4.84. The number of hydrogen-bond donors (Lipinski definition) is 2. The Morgan fingerprint density at radius 1 is 1.10 bits per heavy atom. The molecule has 1 fully saturated rings. The summed E-state index contributed by atoms with van der Waals surface area (Å²) in [6, 6.07) is 13.9. The van der Waals surface area contributed by atoms with E-state index in [1.54, 1.807) is 12.1 Å². The first kappa shape index (κ1) is 28.7. The number of hydrogen-bond acceptors (Lipinski definition) is 4. The number of ether oxygens (including phenoxy) is 1. The van der Waals surface area contributed by atoms with Gasteiger partial charge in [0.05, 0.1) is 16.5 Å². The van der Waals surface area contributed by atoms with Gasteiger partial charge in [-0.2, -0.15) is 17.6 Å². The van der Waals surface area contributed by atoms with E-state index in [1.807, 2.05) is 31.2 Å². The molecule has 3 aromatic rings. The van der Waals surface area contributed by atoms with Crippen molar-refractivity contribution in [3.05, 3.63) is 106 Å². The zero-order valence-electron chi connectivity index (χ0n) is 21.3. The van der Waals surface area contributed by atoms with Gasteiger partial charge in [-0.3, -0.25) is 4.98 Å². The Labute approximate surface area is 229 Å². The summed E-state index contributed by atoms with van der Waals surface area (Å²) >= 11 is 6.11. The van der Waals surface area contributed by atoms with Crippen LogP contribution in [0, 0.1) is 12.7 Å². The number of pyridine rings is 1. The molecule has 39 heavy (non-hydrogen) atoms. The largest absolute Gasteiger partial charge is 0.461 e. The van der Waals surface area contributed by atoms with Crippen molar-refractivity contribution in [3.63, 3.8) is 0 Å². The summed E-state index contributed by atoms with van der Waals surface area (Å²) in [6.45, 7) is 6.07. The molecule has 4 rings (SSSR count). The first-order chi connectivity index (χ1) is 18.5. The van der Waals surface area contributed by atoms with E-state index in [4.69, 9.17) is 11.6 Å². The monoisotopic (exact) mass is 565 g/mol. The van der Waals surface area contributed by atoms with E-state index >= 15 is 0 Å². The molecule has 10 heteroatoms. The lowest BCUT2D eigenvalue weighted by atomic mass is 9.80. The van der Waals surface area contributed by atoms with Crippen molar-refractivity contribution in [1.29, 1.82) is 0 Å². The molecule has 2 N–H and O–H groups in total. The second-order valence-electron chi connectivity index (χ2n) is 9.80. The lowest BCUT2D eigenvalue weighted by Crippen LogP contribution is -2.49. The SMILES string of the molecule is C=C(NC1CCCC1)N[C@@](Cc1ccc(C)cc1)(c1cc(F)cc(OC(F)(F)C(F)F)c1)c1ccc(Cl)cn1. The van der Waals surface area contributed by atoms with Gasteiger partial charge in [0.25, 0.3) is 0 Å². The smallest absolute Gasteiger partial charge is 0.428 e. The maximum atomic E-state index is 15.0. The van der Waals surface area contributed by atoms with Crippen LogP contribution in [0.4, 0.5) is 22.0 Å². The van der Waals surface area contributed by atoms with Crippen molar-refractivity contribution in [3.8, 4) is 5.75 Å². The van der Waals surface area contributed by atoms with E-state index in [0.717, 1.165) is 48.9 Å². The maximum absolute atomic E-state index is 15.0. The number of nitrogens with one attached hydrogen (secondary N) is 2. The average molecular weight is 566 g/mol. The summed E-state index contributed by atoms with van der Waals surface area (Å²) in [7, 11) is 0. The quantitative estimate of drug-likeness (QED) is 0.236. The van der Waals surface area contributed by atoms with Crippen LogP contribution in [-0.2, 0) is 12.0 Å². The number of aryl methyl sites for hydroxylation is 1. The van der Waals surface area contributed by atoms with Gasteiger partial charge in [-0.25, -0.2) is 4.39 Å². The zero-order chi connectivity index (χ0) is 28.2. The number of halogens is 6. The van der Waals surface area contributed by atoms with E-state index in [2.05, 4.69) is 26.9 Å². The van der Waals surface area contributed by atoms with Crippen LogP contribution in [0.15, 0.2) is 73.2 Å². The Hall–Kier alpha value is -3.33. The summed E-state index contributed by atoms with van der Waals surface area (Å²) < 4.78 is 72.7. The van der Waals surface area contributed by atoms with Crippen LogP contribution in [0.5, 0.6) is 5.75 Å².